The molecule has 0 radical (unpaired) electrons. The summed E-state index contributed by atoms with van der Waals surface area (Å²) in [4.78, 5) is 11.3. The van der Waals surface area contributed by atoms with Crippen molar-refractivity contribution in [2.75, 3.05) is 13.7 Å². The van der Waals surface area contributed by atoms with Gasteiger partial charge in [-0.15, -0.1) is 0 Å². The first-order chi connectivity index (χ1) is 10.1. The van der Waals surface area contributed by atoms with Crippen molar-refractivity contribution in [1.29, 1.82) is 0 Å². The minimum atomic E-state index is -1.09. The number of hydrogen-bond acceptors (Lipinski definition) is 3. The van der Waals surface area contributed by atoms with Crippen molar-refractivity contribution in [3.05, 3.63) is 47.8 Å². The lowest BCUT2D eigenvalue weighted by atomic mass is 10.0. The zero-order valence-corrected chi connectivity index (χ0v) is 11.7. The fraction of sp³-hybridized carbons (Fsp3) is 0.188. The third-order valence-electron chi connectivity index (χ3n) is 2.99. The van der Waals surface area contributed by atoms with Gasteiger partial charge in [-0.3, -0.25) is 0 Å². The van der Waals surface area contributed by atoms with Crippen molar-refractivity contribution >= 4 is 5.97 Å². The zero-order valence-electron chi connectivity index (χ0n) is 11.7. The molecule has 0 fully saturated rings. The second-order valence-electron chi connectivity index (χ2n) is 4.30. The molecule has 0 unspecified atom stereocenters. The predicted octanol–water partition coefficient (Wildman–Crippen LogP) is 3.60. The lowest BCUT2D eigenvalue weighted by molar-refractivity contribution is 0.0692. The molecule has 0 bridgehead atoms. The molecule has 21 heavy (non-hydrogen) atoms. The molecule has 0 aliphatic rings. The van der Waals surface area contributed by atoms with Crippen LogP contribution in [0.25, 0.3) is 11.1 Å². The Kier molecular flexibility index (Phi) is 4.42. The molecular weight excluding hydrogens is 275 g/mol. The number of rotatable bonds is 5. The van der Waals surface area contributed by atoms with Gasteiger partial charge in [0.25, 0.3) is 0 Å². The highest BCUT2D eigenvalue weighted by Crippen LogP contribution is 2.29. The van der Waals surface area contributed by atoms with E-state index in [0.29, 0.717) is 23.5 Å². The molecule has 2 rings (SSSR count). The second kappa shape index (κ2) is 6.26. The molecule has 2 aromatic carbocycles. The predicted molar refractivity (Wildman–Crippen MR) is 76.5 cm³/mol. The molecule has 1 N–H and O–H groups in total. The maximum atomic E-state index is 13.7. The Morgan fingerprint density at radius 1 is 1.14 bits per heavy atom. The van der Waals surface area contributed by atoms with Crippen LogP contribution < -0.4 is 9.47 Å². The molecule has 0 amide bonds. The fourth-order valence-corrected chi connectivity index (χ4v) is 2.00. The Morgan fingerprint density at radius 2 is 1.76 bits per heavy atom. The first kappa shape index (κ1) is 14.8. The van der Waals surface area contributed by atoms with Crippen molar-refractivity contribution in [2.24, 2.45) is 0 Å². The standard InChI is InChI=1S/C16H15FO4/c1-3-21-14-6-4-10(8-12(14)16(18)19)11-5-7-15(20-2)13(17)9-11/h4-9H,3H2,1-2H3,(H,18,19). The van der Waals surface area contributed by atoms with Gasteiger partial charge >= 0.3 is 5.97 Å². The first-order valence-corrected chi connectivity index (χ1v) is 6.41. The van der Waals surface area contributed by atoms with Crippen LogP contribution in [0.2, 0.25) is 0 Å². The van der Waals surface area contributed by atoms with Gasteiger partial charge in [-0.1, -0.05) is 12.1 Å². The zero-order chi connectivity index (χ0) is 15.4. The molecule has 0 saturated carbocycles. The number of methoxy groups -OCH3 is 1. The largest absolute Gasteiger partial charge is 0.494 e. The van der Waals surface area contributed by atoms with Gasteiger partial charge in [0.1, 0.15) is 11.3 Å². The van der Waals surface area contributed by atoms with Crippen LogP contribution in [0, 0.1) is 5.82 Å². The van der Waals surface area contributed by atoms with Crippen molar-refractivity contribution in [3.8, 4) is 22.6 Å². The number of carbonyl (C=O) groups is 1. The highest BCUT2D eigenvalue weighted by Gasteiger charge is 2.13. The monoisotopic (exact) mass is 290 g/mol. The third kappa shape index (κ3) is 3.13. The Morgan fingerprint density at radius 3 is 2.29 bits per heavy atom. The van der Waals surface area contributed by atoms with Crippen LogP contribution in [-0.2, 0) is 0 Å². The summed E-state index contributed by atoms with van der Waals surface area (Å²) in [5.41, 5.74) is 1.21. The number of benzene rings is 2. The van der Waals surface area contributed by atoms with Crippen LogP contribution >= 0.6 is 0 Å². The van der Waals surface area contributed by atoms with Gasteiger partial charge in [0, 0.05) is 0 Å². The van der Waals surface area contributed by atoms with E-state index >= 15 is 0 Å². The number of hydrogen-bond donors (Lipinski definition) is 1. The third-order valence-corrected chi connectivity index (χ3v) is 2.99. The summed E-state index contributed by atoms with van der Waals surface area (Å²) in [7, 11) is 1.39. The quantitative estimate of drug-likeness (QED) is 0.914. The molecule has 0 aliphatic carbocycles. The summed E-state index contributed by atoms with van der Waals surface area (Å²) in [5, 5.41) is 9.23. The maximum absolute atomic E-state index is 13.7. The van der Waals surface area contributed by atoms with Gasteiger partial charge in [-0.05, 0) is 42.3 Å². The van der Waals surface area contributed by atoms with Gasteiger partial charge in [0.15, 0.2) is 11.6 Å². The average Bonchev–Trinajstić information content (AvgIpc) is 2.47. The van der Waals surface area contributed by atoms with Crippen molar-refractivity contribution in [2.45, 2.75) is 6.92 Å². The van der Waals surface area contributed by atoms with E-state index in [1.807, 2.05) is 0 Å². The minimum absolute atomic E-state index is 0.0468. The topological polar surface area (TPSA) is 55.8 Å². The van der Waals surface area contributed by atoms with Crippen molar-refractivity contribution < 1.29 is 23.8 Å². The van der Waals surface area contributed by atoms with Gasteiger partial charge in [-0.25, -0.2) is 9.18 Å². The van der Waals surface area contributed by atoms with E-state index in [0.717, 1.165) is 0 Å². The number of halogens is 1. The minimum Gasteiger partial charge on any atom is -0.494 e. The van der Waals surface area contributed by atoms with Crippen LogP contribution in [0.1, 0.15) is 17.3 Å². The molecule has 110 valence electrons. The van der Waals surface area contributed by atoms with Gasteiger partial charge < -0.3 is 14.6 Å². The van der Waals surface area contributed by atoms with E-state index in [4.69, 9.17) is 9.47 Å². The molecule has 0 aromatic heterocycles. The maximum Gasteiger partial charge on any atom is 0.339 e. The van der Waals surface area contributed by atoms with Crippen LogP contribution in [0.15, 0.2) is 36.4 Å². The normalized spacial score (nSPS) is 10.2. The highest BCUT2D eigenvalue weighted by atomic mass is 19.1. The summed E-state index contributed by atoms with van der Waals surface area (Å²) in [6.45, 7) is 2.15. The molecule has 0 heterocycles. The number of aromatic carboxylic acids is 1. The fourth-order valence-electron chi connectivity index (χ4n) is 2.00. The van der Waals surface area contributed by atoms with Gasteiger partial charge in [-0.2, -0.15) is 0 Å². The van der Waals surface area contributed by atoms with E-state index < -0.39 is 11.8 Å². The summed E-state index contributed by atoms with van der Waals surface area (Å²) >= 11 is 0. The lowest BCUT2D eigenvalue weighted by Gasteiger charge is -2.10. The number of carboxylic acids is 1. The summed E-state index contributed by atoms with van der Waals surface area (Å²) in [6.07, 6.45) is 0. The Balaban J connectivity index is 2.47. The van der Waals surface area contributed by atoms with Crippen LogP contribution in [0.4, 0.5) is 4.39 Å². The van der Waals surface area contributed by atoms with E-state index in [-0.39, 0.29) is 11.3 Å². The van der Waals surface area contributed by atoms with E-state index in [9.17, 15) is 14.3 Å². The molecule has 4 nitrogen and oxygen atoms in total. The Bertz CT molecular complexity index is 667. The van der Waals surface area contributed by atoms with E-state index in [1.54, 1.807) is 25.1 Å². The van der Waals surface area contributed by atoms with Gasteiger partial charge in [0.05, 0.1) is 13.7 Å². The van der Waals surface area contributed by atoms with Crippen LogP contribution in [-0.4, -0.2) is 24.8 Å². The molecule has 0 atom stereocenters. The SMILES string of the molecule is CCOc1ccc(-c2ccc(OC)c(F)c2)cc1C(=O)O. The van der Waals surface area contributed by atoms with Crippen LogP contribution in [0.3, 0.4) is 0 Å². The number of carboxylic acid groups (broad SMARTS) is 1. The van der Waals surface area contributed by atoms with E-state index in [1.165, 1.54) is 25.3 Å². The lowest BCUT2D eigenvalue weighted by Crippen LogP contribution is -2.03. The van der Waals surface area contributed by atoms with E-state index in [2.05, 4.69) is 0 Å². The molecule has 0 spiro atoms. The van der Waals surface area contributed by atoms with Crippen molar-refractivity contribution in [1.82, 2.24) is 0 Å². The molecular formula is C16H15FO4. The second-order valence-corrected chi connectivity index (χ2v) is 4.30. The van der Waals surface area contributed by atoms with Crippen molar-refractivity contribution in [3.63, 3.8) is 0 Å². The molecule has 0 aliphatic heterocycles. The molecule has 0 saturated heterocycles. The summed E-state index contributed by atoms with van der Waals surface area (Å²) in [6, 6.07) is 9.21. The Labute approximate surface area is 121 Å². The number of ether oxygens (including phenoxy) is 2. The smallest absolute Gasteiger partial charge is 0.339 e. The average molecular weight is 290 g/mol. The van der Waals surface area contributed by atoms with Gasteiger partial charge in [0.2, 0.25) is 0 Å². The molecule has 5 heteroatoms. The Hall–Kier alpha value is -2.56. The first-order valence-electron chi connectivity index (χ1n) is 6.41. The van der Waals surface area contributed by atoms with Crippen LogP contribution in [0.5, 0.6) is 11.5 Å². The summed E-state index contributed by atoms with van der Waals surface area (Å²) in [5.74, 6) is -1.15. The summed E-state index contributed by atoms with van der Waals surface area (Å²) < 4.78 is 23.9. The molecule has 2 aromatic rings. The highest BCUT2D eigenvalue weighted by molar-refractivity contribution is 5.92.